The van der Waals surface area contributed by atoms with Crippen molar-refractivity contribution in [3.05, 3.63) is 12.2 Å². The van der Waals surface area contributed by atoms with E-state index in [1.54, 1.807) is 6.92 Å². The molecule has 0 aromatic rings. The minimum absolute atomic E-state index is 0.500. The summed E-state index contributed by atoms with van der Waals surface area (Å²) in [6.45, 7) is 5.18. The summed E-state index contributed by atoms with van der Waals surface area (Å²) in [5.74, 6) is 0. The number of aldehydes is 1. The topological polar surface area (TPSA) is 17.1 Å². The number of rotatable bonds is 2. The number of halogens is 1. The third-order valence-corrected chi connectivity index (χ3v) is 1.07. The molecule has 0 aliphatic rings. The fraction of sp³-hybridized carbons (Fsp3) is 0.400. The molecule has 1 atom stereocenters. The summed E-state index contributed by atoms with van der Waals surface area (Å²) in [6, 6.07) is 0. The van der Waals surface area contributed by atoms with E-state index in [0.29, 0.717) is 11.9 Å². The van der Waals surface area contributed by atoms with Gasteiger partial charge in [-0.2, -0.15) is 0 Å². The predicted molar refractivity (Wildman–Crippen MR) is 30.5 cm³/mol. The number of hydrogen-bond acceptors (Lipinski definition) is 1. The highest BCUT2D eigenvalue weighted by Crippen LogP contribution is 2.01. The molecule has 0 heterocycles. The SMILES string of the molecule is C=C(C)C(Cl)C=O. The second-order valence-electron chi connectivity index (χ2n) is 1.38. The molecule has 7 heavy (non-hydrogen) atoms. The number of carbonyl (C=O) groups is 1. The average Bonchev–Trinajstić information content (AvgIpc) is 1.65. The van der Waals surface area contributed by atoms with Crippen LogP contribution in [-0.2, 0) is 4.79 Å². The van der Waals surface area contributed by atoms with Gasteiger partial charge in [0, 0.05) is 0 Å². The lowest BCUT2D eigenvalue weighted by Crippen LogP contribution is -1.98. The fourth-order valence-electron chi connectivity index (χ4n) is 0.116. The monoisotopic (exact) mass is 118 g/mol. The molecular weight excluding hydrogens is 112 g/mol. The average molecular weight is 119 g/mol. The third kappa shape index (κ3) is 2.40. The van der Waals surface area contributed by atoms with Crippen LogP contribution in [0.25, 0.3) is 0 Å². The molecule has 2 heteroatoms. The van der Waals surface area contributed by atoms with Gasteiger partial charge in [0.25, 0.3) is 0 Å². The van der Waals surface area contributed by atoms with Crippen molar-refractivity contribution in [2.45, 2.75) is 12.3 Å². The minimum Gasteiger partial charge on any atom is -0.301 e. The lowest BCUT2D eigenvalue weighted by Gasteiger charge is -1.93. The van der Waals surface area contributed by atoms with Crippen LogP contribution in [0.3, 0.4) is 0 Å². The minimum atomic E-state index is -0.500. The Morgan fingerprint density at radius 3 is 2.43 bits per heavy atom. The van der Waals surface area contributed by atoms with Gasteiger partial charge in [-0.3, -0.25) is 0 Å². The van der Waals surface area contributed by atoms with Crippen molar-refractivity contribution in [2.75, 3.05) is 0 Å². The molecule has 0 radical (unpaired) electrons. The quantitative estimate of drug-likeness (QED) is 0.304. The number of carbonyl (C=O) groups excluding carboxylic acids is 1. The Morgan fingerprint density at radius 2 is 2.43 bits per heavy atom. The summed E-state index contributed by atoms with van der Waals surface area (Å²) in [5, 5.41) is -0.500. The Labute approximate surface area is 48.0 Å². The molecule has 0 aromatic carbocycles. The lowest BCUT2D eigenvalue weighted by atomic mass is 10.3. The Hall–Kier alpha value is -0.300. The first-order valence-corrected chi connectivity index (χ1v) is 2.37. The molecule has 0 rings (SSSR count). The van der Waals surface area contributed by atoms with Gasteiger partial charge in [0.2, 0.25) is 0 Å². The van der Waals surface area contributed by atoms with Crippen LogP contribution >= 0.6 is 11.6 Å². The highest BCUT2D eigenvalue weighted by molar-refractivity contribution is 6.29. The van der Waals surface area contributed by atoms with E-state index < -0.39 is 5.38 Å². The zero-order valence-corrected chi connectivity index (χ0v) is 4.90. The van der Waals surface area contributed by atoms with E-state index in [4.69, 9.17) is 11.6 Å². The zero-order chi connectivity index (χ0) is 5.86. The molecule has 0 aromatic heterocycles. The summed E-state index contributed by atoms with van der Waals surface area (Å²) < 4.78 is 0. The number of hydrogen-bond donors (Lipinski definition) is 0. The van der Waals surface area contributed by atoms with E-state index in [-0.39, 0.29) is 0 Å². The molecule has 0 spiro atoms. The summed E-state index contributed by atoms with van der Waals surface area (Å²) in [7, 11) is 0. The highest BCUT2D eigenvalue weighted by atomic mass is 35.5. The van der Waals surface area contributed by atoms with Crippen LogP contribution in [0.2, 0.25) is 0 Å². The Kier molecular flexibility index (Phi) is 2.68. The second-order valence-corrected chi connectivity index (χ2v) is 1.85. The van der Waals surface area contributed by atoms with E-state index in [0.717, 1.165) is 0 Å². The lowest BCUT2D eigenvalue weighted by molar-refractivity contribution is -0.107. The first kappa shape index (κ1) is 6.70. The van der Waals surface area contributed by atoms with Gasteiger partial charge in [-0.05, 0) is 6.92 Å². The molecule has 0 aliphatic heterocycles. The molecule has 1 nitrogen and oxygen atoms in total. The van der Waals surface area contributed by atoms with Gasteiger partial charge in [-0.25, -0.2) is 0 Å². The van der Waals surface area contributed by atoms with Crippen molar-refractivity contribution >= 4 is 17.9 Å². The third-order valence-electron chi connectivity index (χ3n) is 0.590. The fourth-order valence-corrected chi connectivity index (χ4v) is 0.116. The largest absolute Gasteiger partial charge is 0.301 e. The molecule has 0 amide bonds. The van der Waals surface area contributed by atoms with Gasteiger partial charge >= 0.3 is 0 Å². The summed E-state index contributed by atoms with van der Waals surface area (Å²) in [5.41, 5.74) is 0.691. The van der Waals surface area contributed by atoms with Gasteiger partial charge in [-0.1, -0.05) is 12.2 Å². The molecule has 1 unspecified atom stereocenters. The van der Waals surface area contributed by atoms with Gasteiger partial charge < -0.3 is 4.79 Å². The Balaban J connectivity index is 3.55. The van der Waals surface area contributed by atoms with Crippen molar-refractivity contribution < 1.29 is 4.79 Å². The molecule has 0 bridgehead atoms. The van der Waals surface area contributed by atoms with Crippen molar-refractivity contribution in [1.82, 2.24) is 0 Å². The molecular formula is C5H7ClO. The predicted octanol–water partition coefficient (Wildman–Crippen LogP) is 1.37. The van der Waals surface area contributed by atoms with E-state index in [1.165, 1.54) is 0 Å². The van der Waals surface area contributed by atoms with E-state index >= 15 is 0 Å². The van der Waals surface area contributed by atoms with Crippen LogP contribution in [0, 0.1) is 0 Å². The van der Waals surface area contributed by atoms with Crippen molar-refractivity contribution in [3.63, 3.8) is 0 Å². The standard InChI is InChI=1S/C5H7ClO/c1-4(2)5(6)3-7/h3,5H,1H2,2H3. The smallest absolute Gasteiger partial charge is 0.141 e. The second kappa shape index (κ2) is 2.80. The first-order chi connectivity index (χ1) is 3.18. The van der Waals surface area contributed by atoms with Crippen molar-refractivity contribution in [3.8, 4) is 0 Å². The van der Waals surface area contributed by atoms with Crippen LogP contribution < -0.4 is 0 Å². The van der Waals surface area contributed by atoms with Gasteiger partial charge in [-0.15, -0.1) is 11.6 Å². The molecule has 0 saturated carbocycles. The molecule has 0 aliphatic carbocycles. The normalized spacial score (nSPS) is 12.9. The van der Waals surface area contributed by atoms with Crippen molar-refractivity contribution in [1.29, 1.82) is 0 Å². The molecule has 0 saturated heterocycles. The molecule has 40 valence electrons. The Bertz CT molecular complexity index is 88.1. The van der Waals surface area contributed by atoms with Crippen LogP contribution in [0.1, 0.15) is 6.92 Å². The van der Waals surface area contributed by atoms with Gasteiger partial charge in [0.1, 0.15) is 11.7 Å². The summed E-state index contributed by atoms with van der Waals surface area (Å²) >= 11 is 5.33. The van der Waals surface area contributed by atoms with E-state index in [1.807, 2.05) is 0 Å². The summed E-state index contributed by atoms with van der Waals surface area (Å²) in [6.07, 6.45) is 0.657. The van der Waals surface area contributed by atoms with Crippen LogP contribution in [0.5, 0.6) is 0 Å². The first-order valence-electron chi connectivity index (χ1n) is 1.93. The maximum atomic E-state index is 9.75. The maximum absolute atomic E-state index is 9.75. The molecule has 0 fully saturated rings. The highest BCUT2D eigenvalue weighted by Gasteiger charge is 1.98. The zero-order valence-electron chi connectivity index (χ0n) is 4.15. The molecule has 0 N–H and O–H groups in total. The summed E-state index contributed by atoms with van der Waals surface area (Å²) in [4.78, 5) is 9.75. The maximum Gasteiger partial charge on any atom is 0.141 e. The van der Waals surface area contributed by atoms with E-state index in [9.17, 15) is 4.79 Å². The van der Waals surface area contributed by atoms with Crippen LogP contribution in [0.15, 0.2) is 12.2 Å². The van der Waals surface area contributed by atoms with Crippen molar-refractivity contribution in [2.24, 2.45) is 0 Å². The van der Waals surface area contributed by atoms with Crippen LogP contribution in [0.4, 0.5) is 0 Å². The number of allylic oxidation sites excluding steroid dienone is 1. The van der Waals surface area contributed by atoms with Crippen LogP contribution in [-0.4, -0.2) is 11.7 Å². The van der Waals surface area contributed by atoms with E-state index in [2.05, 4.69) is 6.58 Å². The van der Waals surface area contributed by atoms with Gasteiger partial charge in [0.15, 0.2) is 0 Å². The Morgan fingerprint density at radius 1 is 2.00 bits per heavy atom. The van der Waals surface area contributed by atoms with Gasteiger partial charge in [0.05, 0.1) is 0 Å². The number of alkyl halides is 1.